The molecule has 138 valence electrons. The number of nitrogens with zero attached hydrogens (tertiary/aromatic N) is 1. The number of halogens is 2. The highest BCUT2D eigenvalue weighted by Gasteiger charge is 2.34. The molecule has 0 aliphatic heterocycles. The Balaban J connectivity index is 1.68. The molecule has 26 heavy (non-hydrogen) atoms. The van der Waals surface area contributed by atoms with Crippen molar-refractivity contribution in [1.82, 2.24) is 10.3 Å². The average molecular weight is 392 g/mol. The molecule has 1 aliphatic carbocycles. The van der Waals surface area contributed by atoms with E-state index in [9.17, 15) is 4.39 Å². The number of hydrogen-bond donors (Lipinski definition) is 2. The van der Waals surface area contributed by atoms with Gasteiger partial charge in [-0.05, 0) is 61.3 Å². The third kappa shape index (κ3) is 4.51. The standard InChI is InChI=1S/C20H23ClFN3S/c1-14-11-18(23-12-17(14)21)25-19(26)24-13-20(9-3-2-4-10-20)15-5-7-16(22)8-6-15/h5-8,11-12H,2-4,9-10,13H2,1H3,(H2,23,24,25,26). The Labute approximate surface area is 164 Å². The Kier molecular flexibility index (Phi) is 6.09. The van der Waals surface area contributed by atoms with Gasteiger partial charge in [-0.15, -0.1) is 0 Å². The van der Waals surface area contributed by atoms with Crippen molar-refractivity contribution in [2.75, 3.05) is 11.9 Å². The van der Waals surface area contributed by atoms with Gasteiger partial charge >= 0.3 is 0 Å². The molecule has 0 atom stereocenters. The van der Waals surface area contributed by atoms with Crippen LogP contribution in [-0.2, 0) is 5.41 Å². The van der Waals surface area contributed by atoms with E-state index in [1.165, 1.54) is 24.8 Å². The molecule has 0 bridgehead atoms. The fourth-order valence-electron chi connectivity index (χ4n) is 3.62. The fraction of sp³-hybridized carbons (Fsp3) is 0.400. The molecule has 0 amide bonds. The highest BCUT2D eigenvalue weighted by molar-refractivity contribution is 7.80. The van der Waals surface area contributed by atoms with Crippen LogP contribution in [0.4, 0.5) is 10.2 Å². The number of anilines is 1. The summed E-state index contributed by atoms with van der Waals surface area (Å²) < 4.78 is 13.3. The first-order valence-corrected chi connectivity index (χ1v) is 9.70. The number of thiocarbonyl (C=S) groups is 1. The van der Waals surface area contributed by atoms with Gasteiger partial charge in [-0.3, -0.25) is 0 Å². The number of hydrogen-bond acceptors (Lipinski definition) is 2. The first kappa shape index (κ1) is 19.1. The molecule has 0 unspecified atom stereocenters. The molecule has 1 aliphatic rings. The molecule has 0 saturated heterocycles. The van der Waals surface area contributed by atoms with Crippen LogP contribution in [0.3, 0.4) is 0 Å². The van der Waals surface area contributed by atoms with Crippen molar-refractivity contribution >= 4 is 34.7 Å². The van der Waals surface area contributed by atoms with Gasteiger partial charge in [0.25, 0.3) is 0 Å². The number of rotatable bonds is 4. The highest BCUT2D eigenvalue weighted by atomic mass is 35.5. The van der Waals surface area contributed by atoms with Gasteiger partial charge in [-0.2, -0.15) is 0 Å². The van der Waals surface area contributed by atoms with Gasteiger partial charge in [0.1, 0.15) is 11.6 Å². The van der Waals surface area contributed by atoms with E-state index in [2.05, 4.69) is 15.6 Å². The van der Waals surface area contributed by atoms with Gasteiger partial charge in [0.15, 0.2) is 5.11 Å². The first-order valence-electron chi connectivity index (χ1n) is 8.92. The Morgan fingerprint density at radius 2 is 1.92 bits per heavy atom. The number of pyridine rings is 1. The SMILES string of the molecule is Cc1cc(NC(=S)NCC2(c3ccc(F)cc3)CCCCC2)ncc1Cl. The second-order valence-corrected chi connectivity index (χ2v) is 7.79. The van der Waals surface area contributed by atoms with Crippen LogP contribution in [0.1, 0.15) is 43.2 Å². The van der Waals surface area contributed by atoms with Crippen LogP contribution in [0.15, 0.2) is 36.5 Å². The van der Waals surface area contributed by atoms with Crippen LogP contribution in [0.5, 0.6) is 0 Å². The zero-order valence-corrected chi connectivity index (χ0v) is 16.4. The Morgan fingerprint density at radius 1 is 1.23 bits per heavy atom. The molecule has 1 aromatic carbocycles. The lowest BCUT2D eigenvalue weighted by Crippen LogP contribution is -2.43. The summed E-state index contributed by atoms with van der Waals surface area (Å²) in [6, 6.07) is 8.77. The molecule has 1 heterocycles. The predicted octanol–water partition coefficient (Wildman–Crippen LogP) is 5.37. The molecule has 0 spiro atoms. The molecule has 3 nitrogen and oxygen atoms in total. The van der Waals surface area contributed by atoms with Gasteiger partial charge in [0, 0.05) is 18.2 Å². The second kappa shape index (κ2) is 8.31. The van der Waals surface area contributed by atoms with Crippen LogP contribution in [0.25, 0.3) is 0 Å². The highest BCUT2D eigenvalue weighted by Crippen LogP contribution is 2.39. The lowest BCUT2D eigenvalue weighted by atomic mass is 9.69. The van der Waals surface area contributed by atoms with Crippen LogP contribution >= 0.6 is 23.8 Å². The van der Waals surface area contributed by atoms with Crippen molar-refractivity contribution < 1.29 is 4.39 Å². The number of benzene rings is 1. The van der Waals surface area contributed by atoms with E-state index in [-0.39, 0.29) is 11.2 Å². The summed E-state index contributed by atoms with van der Waals surface area (Å²) in [6.45, 7) is 2.65. The summed E-state index contributed by atoms with van der Waals surface area (Å²) in [5.74, 6) is 0.470. The van der Waals surface area contributed by atoms with E-state index in [0.717, 1.165) is 24.9 Å². The minimum absolute atomic E-state index is 0.0129. The summed E-state index contributed by atoms with van der Waals surface area (Å²) in [5, 5.41) is 7.63. The molecule has 1 fully saturated rings. The maximum absolute atomic E-state index is 13.3. The van der Waals surface area contributed by atoms with Gasteiger partial charge in [-0.25, -0.2) is 9.37 Å². The van der Waals surface area contributed by atoms with E-state index >= 15 is 0 Å². The van der Waals surface area contributed by atoms with Crippen molar-refractivity contribution in [2.45, 2.75) is 44.4 Å². The van der Waals surface area contributed by atoms with Crippen LogP contribution < -0.4 is 10.6 Å². The minimum Gasteiger partial charge on any atom is -0.362 e. The van der Waals surface area contributed by atoms with Crippen molar-refractivity contribution in [3.63, 3.8) is 0 Å². The smallest absolute Gasteiger partial charge is 0.171 e. The third-order valence-electron chi connectivity index (χ3n) is 5.14. The largest absolute Gasteiger partial charge is 0.362 e. The van der Waals surface area contributed by atoms with Crippen LogP contribution in [0.2, 0.25) is 5.02 Å². The zero-order chi connectivity index (χ0) is 18.6. The summed E-state index contributed by atoms with van der Waals surface area (Å²) in [7, 11) is 0. The minimum atomic E-state index is -0.200. The molecular weight excluding hydrogens is 369 g/mol. The quantitative estimate of drug-likeness (QED) is 0.687. The number of aromatic nitrogens is 1. The Hall–Kier alpha value is -1.72. The fourth-order valence-corrected chi connectivity index (χ4v) is 3.90. The third-order valence-corrected chi connectivity index (χ3v) is 5.79. The van der Waals surface area contributed by atoms with Crippen molar-refractivity contribution in [2.24, 2.45) is 0 Å². The van der Waals surface area contributed by atoms with E-state index in [4.69, 9.17) is 23.8 Å². The van der Waals surface area contributed by atoms with Crippen LogP contribution in [0, 0.1) is 12.7 Å². The van der Waals surface area contributed by atoms with E-state index in [1.807, 2.05) is 25.1 Å². The number of nitrogens with one attached hydrogen (secondary N) is 2. The topological polar surface area (TPSA) is 37.0 Å². The van der Waals surface area contributed by atoms with Crippen molar-refractivity contribution in [3.05, 3.63) is 58.5 Å². The predicted molar refractivity (Wildman–Crippen MR) is 109 cm³/mol. The van der Waals surface area contributed by atoms with E-state index < -0.39 is 0 Å². The Bertz CT molecular complexity index is 773. The monoisotopic (exact) mass is 391 g/mol. The maximum atomic E-state index is 13.3. The number of aryl methyl sites for hydroxylation is 1. The molecule has 2 N–H and O–H groups in total. The van der Waals surface area contributed by atoms with Gasteiger partial charge in [-0.1, -0.05) is 43.0 Å². The van der Waals surface area contributed by atoms with Crippen molar-refractivity contribution in [3.8, 4) is 0 Å². The molecule has 0 radical (unpaired) electrons. The average Bonchev–Trinajstić information content (AvgIpc) is 2.64. The molecule has 6 heteroatoms. The zero-order valence-electron chi connectivity index (χ0n) is 14.8. The second-order valence-electron chi connectivity index (χ2n) is 6.97. The summed E-state index contributed by atoms with van der Waals surface area (Å²) in [4.78, 5) is 4.25. The first-order chi connectivity index (χ1) is 12.5. The maximum Gasteiger partial charge on any atom is 0.171 e. The molecular formula is C20H23ClFN3S. The lowest BCUT2D eigenvalue weighted by molar-refractivity contribution is 0.292. The molecule has 3 rings (SSSR count). The van der Waals surface area contributed by atoms with Crippen LogP contribution in [-0.4, -0.2) is 16.6 Å². The van der Waals surface area contributed by atoms with E-state index in [1.54, 1.807) is 18.3 Å². The summed E-state index contributed by atoms with van der Waals surface area (Å²) >= 11 is 11.5. The van der Waals surface area contributed by atoms with Gasteiger partial charge in [0.2, 0.25) is 0 Å². The summed E-state index contributed by atoms with van der Waals surface area (Å²) in [6.07, 6.45) is 7.37. The van der Waals surface area contributed by atoms with Gasteiger partial charge < -0.3 is 10.6 Å². The Morgan fingerprint density at radius 3 is 2.58 bits per heavy atom. The normalized spacial score (nSPS) is 16.1. The molecule has 1 saturated carbocycles. The molecule has 1 aromatic heterocycles. The molecule has 2 aromatic rings. The lowest BCUT2D eigenvalue weighted by Gasteiger charge is -2.38. The van der Waals surface area contributed by atoms with E-state index in [0.29, 0.717) is 16.0 Å². The van der Waals surface area contributed by atoms with Gasteiger partial charge in [0.05, 0.1) is 5.02 Å². The summed E-state index contributed by atoms with van der Waals surface area (Å²) in [5.41, 5.74) is 2.11. The van der Waals surface area contributed by atoms with Crippen molar-refractivity contribution in [1.29, 1.82) is 0 Å².